The standard InChI is InChI=1S/C25H37NO3/c1-25(2,3)29-24(27)26-9-7-17-5-4-6-22(16-17)28-10-8-23-20-12-18-11-19(14-20)15-21(23)13-18/h4-6,16,18-21,23H,7-15H2,1-3H3,(H,26,27). The number of rotatable bonds is 7. The molecule has 29 heavy (non-hydrogen) atoms. The number of hydrogen-bond acceptors (Lipinski definition) is 3. The molecule has 0 heterocycles. The number of nitrogens with one attached hydrogen (secondary N) is 1. The summed E-state index contributed by atoms with van der Waals surface area (Å²) in [6.45, 7) is 7.00. The van der Waals surface area contributed by atoms with E-state index < -0.39 is 5.60 Å². The maximum atomic E-state index is 11.8. The predicted octanol–water partition coefficient (Wildman–Crippen LogP) is 5.60. The molecule has 0 radical (unpaired) electrons. The lowest BCUT2D eigenvalue weighted by atomic mass is 9.51. The van der Waals surface area contributed by atoms with Crippen molar-refractivity contribution in [2.45, 2.75) is 71.3 Å². The summed E-state index contributed by atoms with van der Waals surface area (Å²) in [5, 5.41) is 2.82. The van der Waals surface area contributed by atoms with Crippen LogP contribution in [0.25, 0.3) is 0 Å². The van der Waals surface area contributed by atoms with Gasteiger partial charge in [-0.05, 0) is 113 Å². The van der Waals surface area contributed by atoms with Gasteiger partial charge in [0, 0.05) is 6.54 Å². The van der Waals surface area contributed by atoms with Crippen LogP contribution in [0, 0.1) is 29.6 Å². The highest BCUT2D eigenvalue weighted by Crippen LogP contribution is 2.57. The Morgan fingerprint density at radius 2 is 1.76 bits per heavy atom. The summed E-state index contributed by atoms with van der Waals surface area (Å²) < 4.78 is 11.4. The van der Waals surface area contributed by atoms with Crippen molar-refractivity contribution in [3.63, 3.8) is 0 Å². The van der Waals surface area contributed by atoms with Gasteiger partial charge >= 0.3 is 6.09 Å². The SMILES string of the molecule is CC(C)(C)OC(=O)NCCc1cccc(OCCC2C3CC4CC(C3)CC2C4)c1. The highest BCUT2D eigenvalue weighted by atomic mass is 16.6. The summed E-state index contributed by atoms with van der Waals surface area (Å²) in [7, 11) is 0. The first-order valence-electron chi connectivity index (χ1n) is 11.5. The molecule has 0 atom stereocenters. The molecule has 1 amide bonds. The Labute approximate surface area is 175 Å². The van der Waals surface area contributed by atoms with Crippen molar-refractivity contribution in [2.75, 3.05) is 13.2 Å². The van der Waals surface area contributed by atoms with E-state index >= 15 is 0 Å². The fourth-order valence-electron chi connectivity index (χ4n) is 6.24. The summed E-state index contributed by atoms with van der Waals surface area (Å²) in [4.78, 5) is 11.8. The minimum atomic E-state index is -0.463. The van der Waals surface area contributed by atoms with Crippen LogP contribution in [0.2, 0.25) is 0 Å². The van der Waals surface area contributed by atoms with Gasteiger partial charge in [-0.25, -0.2) is 4.79 Å². The molecule has 4 saturated carbocycles. The Morgan fingerprint density at radius 1 is 1.07 bits per heavy atom. The maximum Gasteiger partial charge on any atom is 0.407 e. The number of ether oxygens (including phenoxy) is 2. The molecule has 1 N–H and O–H groups in total. The normalized spacial score (nSPS) is 30.2. The molecule has 4 fully saturated rings. The van der Waals surface area contributed by atoms with Crippen molar-refractivity contribution in [3.05, 3.63) is 29.8 Å². The second-order valence-corrected chi connectivity index (χ2v) is 10.6. The van der Waals surface area contributed by atoms with Crippen LogP contribution in [0.3, 0.4) is 0 Å². The van der Waals surface area contributed by atoms with E-state index in [4.69, 9.17) is 9.47 Å². The molecular formula is C25H37NO3. The van der Waals surface area contributed by atoms with Crippen molar-refractivity contribution in [2.24, 2.45) is 29.6 Å². The highest BCUT2D eigenvalue weighted by molar-refractivity contribution is 5.67. The van der Waals surface area contributed by atoms with E-state index in [1.165, 1.54) is 44.1 Å². The molecule has 0 aromatic heterocycles. The van der Waals surface area contributed by atoms with Gasteiger partial charge in [-0.1, -0.05) is 12.1 Å². The summed E-state index contributed by atoms with van der Waals surface area (Å²) >= 11 is 0. The van der Waals surface area contributed by atoms with Crippen molar-refractivity contribution in [3.8, 4) is 5.75 Å². The molecule has 0 saturated heterocycles. The zero-order valence-electron chi connectivity index (χ0n) is 18.3. The molecule has 5 rings (SSSR count). The molecular weight excluding hydrogens is 362 g/mol. The van der Waals surface area contributed by atoms with Crippen LogP contribution in [-0.2, 0) is 11.2 Å². The largest absolute Gasteiger partial charge is 0.494 e. The zero-order chi connectivity index (χ0) is 20.4. The number of carbonyl (C=O) groups is 1. The molecule has 4 nitrogen and oxygen atoms in total. The molecule has 0 spiro atoms. The van der Waals surface area contributed by atoms with Gasteiger partial charge < -0.3 is 14.8 Å². The lowest BCUT2D eigenvalue weighted by Gasteiger charge is -2.54. The lowest BCUT2D eigenvalue weighted by Crippen LogP contribution is -2.45. The van der Waals surface area contributed by atoms with E-state index in [-0.39, 0.29) is 6.09 Å². The Kier molecular flexibility index (Phi) is 6.08. The van der Waals surface area contributed by atoms with E-state index in [1.807, 2.05) is 32.9 Å². The molecule has 4 heteroatoms. The Hall–Kier alpha value is -1.71. The topological polar surface area (TPSA) is 47.6 Å². The van der Waals surface area contributed by atoms with Crippen LogP contribution < -0.4 is 10.1 Å². The lowest BCUT2D eigenvalue weighted by molar-refractivity contribution is -0.0436. The van der Waals surface area contributed by atoms with E-state index in [1.54, 1.807) is 0 Å². The van der Waals surface area contributed by atoms with Crippen LogP contribution in [0.1, 0.15) is 64.9 Å². The minimum absolute atomic E-state index is 0.361. The van der Waals surface area contributed by atoms with Gasteiger partial charge in [0.15, 0.2) is 0 Å². The van der Waals surface area contributed by atoms with Gasteiger partial charge in [-0.3, -0.25) is 0 Å². The van der Waals surface area contributed by atoms with Crippen LogP contribution in [0.15, 0.2) is 24.3 Å². The van der Waals surface area contributed by atoms with Gasteiger partial charge in [-0.15, -0.1) is 0 Å². The number of alkyl carbamates (subject to hydrolysis) is 1. The molecule has 4 bridgehead atoms. The fourth-order valence-corrected chi connectivity index (χ4v) is 6.24. The predicted molar refractivity (Wildman–Crippen MR) is 115 cm³/mol. The second kappa shape index (κ2) is 8.57. The second-order valence-electron chi connectivity index (χ2n) is 10.6. The summed E-state index contributed by atoms with van der Waals surface area (Å²) in [5.74, 6) is 5.87. The van der Waals surface area contributed by atoms with Gasteiger partial charge in [0.2, 0.25) is 0 Å². The van der Waals surface area contributed by atoms with E-state index in [0.717, 1.165) is 48.4 Å². The Bertz CT molecular complexity index is 680. The van der Waals surface area contributed by atoms with Gasteiger partial charge in [-0.2, -0.15) is 0 Å². The highest BCUT2D eigenvalue weighted by Gasteiger charge is 2.47. The average Bonchev–Trinajstić information content (AvgIpc) is 2.62. The van der Waals surface area contributed by atoms with Gasteiger partial charge in [0.1, 0.15) is 11.4 Å². The summed E-state index contributed by atoms with van der Waals surface area (Å²) in [6.07, 6.45) is 9.07. The molecule has 0 unspecified atom stereocenters. The number of hydrogen-bond donors (Lipinski definition) is 1. The van der Waals surface area contributed by atoms with Crippen molar-refractivity contribution in [1.82, 2.24) is 5.32 Å². The zero-order valence-corrected chi connectivity index (χ0v) is 18.3. The molecule has 0 aliphatic heterocycles. The monoisotopic (exact) mass is 399 g/mol. The van der Waals surface area contributed by atoms with Crippen LogP contribution in [0.5, 0.6) is 5.75 Å². The molecule has 160 valence electrons. The maximum absolute atomic E-state index is 11.8. The average molecular weight is 400 g/mol. The van der Waals surface area contributed by atoms with E-state index in [9.17, 15) is 4.79 Å². The van der Waals surface area contributed by atoms with Crippen LogP contribution >= 0.6 is 0 Å². The van der Waals surface area contributed by atoms with Crippen LogP contribution in [0.4, 0.5) is 4.79 Å². The Balaban J connectivity index is 1.20. The van der Waals surface area contributed by atoms with Crippen LogP contribution in [-0.4, -0.2) is 24.8 Å². The van der Waals surface area contributed by atoms with Crippen molar-refractivity contribution < 1.29 is 14.3 Å². The summed E-state index contributed by atoms with van der Waals surface area (Å²) in [5.41, 5.74) is 0.711. The smallest absolute Gasteiger partial charge is 0.407 e. The quantitative estimate of drug-likeness (QED) is 0.650. The molecule has 1 aromatic carbocycles. The molecule has 1 aromatic rings. The first kappa shape index (κ1) is 20.6. The minimum Gasteiger partial charge on any atom is -0.494 e. The Morgan fingerprint density at radius 3 is 2.41 bits per heavy atom. The third-order valence-corrected chi connectivity index (χ3v) is 7.12. The first-order chi connectivity index (χ1) is 13.9. The van der Waals surface area contributed by atoms with E-state index in [0.29, 0.717) is 6.54 Å². The van der Waals surface area contributed by atoms with Crippen molar-refractivity contribution >= 4 is 6.09 Å². The fraction of sp³-hybridized carbons (Fsp3) is 0.720. The third-order valence-electron chi connectivity index (χ3n) is 7.12. The summed E-state index contributed by atoms with van der Waals surface area (Å²) in [6, 6.07) is 8.28. The third kappa shape index (κ3) is 5.46. The van der Waals surface area contributed by atoms with Crippen molar-refractivity contribution in [1.29, 1.82) is 0 Å². The first-order valence-corrected chi connectivity index (χ1v) is 11.5. The van der Waals surface area contributed by atoms with Gasteiger partial charge in [0.05, 0.1) is 6.61 Å². The van der Waals surface area contributed by atoms with Gasteiger partial charge in [0.25, 0.3) is 0 Å². The number of carbonyl (C=O) groups excluding carboxylic acids is 1. The molecule has 4 aliphatic rings. The number of amides is 1. The van der Waals surface area contributed by atoms with E-state index in [2.05, 4.69) is 17.4 Å². The number of benzene rings is 1. The molecule has 4 aliphatic carbocycles.